The summed E-state index contributed by atoms with van der Waals surface area (Å²) in [6.07, 6.45) is 3.07. The summed E-state index contributed by atoms with van der Waals surface area (Å²) >= 11 is 0. The molecule has 0 saturated carbocycles. The number of nitrogens with one attached hydrogen (secondary N) is 1. The van der Waals surface area contributed by atoms with Crippen molar-refractivity contribution in [3.8, 4) is 0 Å². The van der Waals surface area contributed by atoms with Gasteiger partial charge in [0.25, 0.3) is 0 Å². The summed E-state index contributed by atoms with van der Waals surface area (Å²) < 4.78 is 5.69. The van der Waals surface area contributed by atoms with Gasteiger partial charge in [0.1, 0.15) is 6.73 Å². The fourth-order valence-electron chi connectivity index (χ4n) is 2.98. The molecule has 1 rings (SSSR count). The molecule has 0 saturated heterocycles. The van der Waals surface area contributed by atoms with Crippen molar-refractivity contribution >= 4 is 5.91 Å². The van der Waals surface area contributed by atoms with Crippen LogP contribution in [-0.4, -0.2) is 25.8 Å². The highest BCUT2D eigenvalue weighted by atomic mass is 16.5. The predicted molar refractivity (Wildman–Crippen MR) is 82.4 cm³/mol. The van der Waals surface area contributed by atoms with Crippen LogP contribution in [0.4, 0.5) is 0 Å². The second kappa shape index (κ2) is 7.29. The van der Waals surface area contributed by atoms with Gasteiger partial charge in [-0.05, 0) is 36.8 Å². The van der Waals surface area contributed by atoms with Crippen LogP contribution in [0.3, 0.4) is 0 Å². The van der Waals surface area contributed by atoms with E-state index in [1.54, 1.807) is 7.05 Å². The van der Waals surface area contributed by atoms with Crippen LogP contribution < -0.4 is 5.32 Å². The molecule has 0 aromatic carbocycles. The van der Waals surface area contributed by atoms with E-state index in [9.17, 15) is 4.79 Å². The van der Waals surface area contributed by atoms with E-state index in [1.807, 2.05) is 19.9 Å². The first kappa shape index (κ1) is 17.3. The highest BCUT2D eigenvalue weighted by Gasteiger charge is 2.34. The van der Waals surface area contributed by atoms with Crippen molar-refractivity contribution in [2.75, 3.05) is 13.8 Å². The standard InChI is InChI=1S/C15H24N4O2/c1-10-6-11(2)14(12(7-10)21-9-18-19-16)15(3,4)8-13(20)17-5/h7,12H,6,8-9H2,1-5H3,(H,17,20). The van der Waals surface area contributed by atoms with Crippen molar-refractivity contribution in [1.82, 2.24) is 5.32 Å². The number of amides is 1. The molecule has 1 N–H and O–H groups in total. The molecule has 0 fully saturated rings. The van der Waals surface area contributed by atoms with Gasteiger partial charge in [-0.15, -0.1) is 0 Å². The maximum atomic E-state index is 11.8. The second-order valence-electron chi connectivity index (χ2n) is 6.06. The Morgan fingerprint density at radius 2 is 2.24 bits per heavy atom. The van der Waals surface area contributed by atoms with Gasteiger partial charge in [0.15, 0.2) is 0 Å². The Kier molecular flexibility index (Phi) is 6.00. The zero-order valence-corrected chi connectivity index (χ0v) is 13.4. The molecule has 1 atom stereocenters. The van der Waals surface area contributed by atoms with Gasteiger partial charge in [0.05, 0.1) is 6.10 Å². The van der Waals surface area contributed by atoms with Gasteiger partial charge < -0.3 is 10.1 Å². The molecule has 0 radical (unpaired) electrons. The topological polar surface area (TPSA) is 87.1 Å². The summed E-state index contributed by atoms with van der Waals surface area (Å²) in [6, 6.07) is 0. The lowest BCUT2D eigenvalue weighted by Crippen LogP contribution is -2.34. The maximum Gasteiger partial charge on any atom is 0.220 e. The number of hydrogen-bond acceptors (Lipinski definition) is 3. The number of nitrogens with zero attached hydrogens (tertiary/aromatic N) is 3. The van der Waals surface area contributed by atoms with E-state index in [0.717, 1.165) is 12.0 Å². The van der Waals surface area contributed by atoms with Gasteiger partial charge in [-0.3, -0.25) is 4.79 Å². The van der Waals surface area contributed by atoms with E-state index in [4.69, 9.17) is 10.3 Å². The summed E-state index contributed by atoms with van der Waals surface area (Å²) in [7, 11) is 1.64. The van der Waals surface area contributed by atoms with Crippen LogP contribution in [0, 0.1) is 5.41 Å². The van der Waals surface area contributed by atoms with Crippen molar-refractivity contribution in [3.05, 3.63) is 33.2 Å². The summed E-state index contributed by atoms with van der Waals surface area (Å²) in [4.78, 5) is 14.5. The molecule has 0 aromatic rings. The number of ether oxygens (including phenoxy) is 1. The van der Waals surface area contributed by atoms with Crippen LogP contribution in [0.15, 0.2) is 27.9 Å². The zero-order chi connectivity index (χ0) is 16.0. The molecular weight excluding hydrogens is 268 g/mol. The molecule has 1 aliphatic rings. The van der Waals surface area contributed by atoms with Crippen LogP contribution in [0.2, 0.25) is 0 Å². The van der Waals surface area contributed by atoms with Gasteiger partial charge in [-0.2, -0.15) is 0 Å². The Morgan fingerprint density at radius 1 is 1.57 bits per heavy atom. The van der Waals surface area contributed by atoms with Crippen molar-refractivity contribution in [2.24, 2.45) is 10.5 Å². The quantitative estimate of drug-likeness (QED) is 0.351. The average molecular weight is 292 g/mol. The fourth-order valence-corrected chi connectivity index (χ4v) is 2.98. The molecule has 6 nitrogen and oxygen atoms in total. The largest absolute Gasteiger partial charge is 0.364 e. The Bertz CT molecular complexity index is 514. The van der Waals surface area contributed by atoms with Crippen LogP contribution in [0.25, 0.3) is 10.4 Å². The van der Waals surface area contributed by atoms with E-state index in [2.05, 4.69) is 29.2 Å². The predicted octanol–water partition coefficient (Wildman–Crippen LogP) is 3.47. The number of carbonyl (C=O) groups excluding carboxylic acids is 1. The maximum absolute atomic E-state index is 11.8. The first-order valence-corrected chi connectivity index (χ1v) is 7.02. The van der Waals surface area contributed by atoms with E-state index < -0.39 is 0 Å². The van der Waals surface area contributed by atoms with Gasteiger partial charge in [-0.1, -0.05) is 36.2 Å². The molecule has 0 bridgehead atoms. The summed E-state index contributed by atoms with van der Waals surface area (Å²) in [5.74, 6) is 0.000343. The van der Waals surface area contributed by atoms with E-state index in [0.29, 0.717) is 6.42 Å². The third kappa shape index (κ3) is 4.62. The molecule has 0 spiro atoms. The van der Waals surface area contributed by atoms with Crippen LogP contribution in [0.5, 0.6) is 0 Å². The molecular formula is C15H24N4O2. The van der Waals surface area contributed by atoms with Gasteiger partial charge in [-0.25, -0.2) is 0 Å². The Balaban J connectivity index is 3.04. The van der Waals surface area contributed by atoms with E-state index >= 15 is 0 Å². The molecule has 1 amide bonds. The number of rotatable bonds is 6. The minimum Gasteiger partial charge on any atom is -0.364 e. The lowest BCUT2D eigenvalue weighted by molar-refractivity contribution is -0.122. The fraction of sp³-hybridized carbons (Fsp3) is 0.667. The van der Waals surface area contributed by atoms with Gasteiger partial charge in [0.2, 0.25) is 5.91 Å². The van der Waals surface area contributed by atoms with Crippen molar-refractivity contribution < 1.29 is 9.53 Å². The molecule has 21 heavy (non-hydrogen) atoms. The van der Waals surface area contributed by atoms with E-state index in [-0.39, 0.29) is 24.2 Å². The summed E-state index contributed by atoms with van der Waals surface area (Å²) in [5, 5.41) is 6.10. The van der Waals surface area contributed by atoms with Crippen molar-refractivity contribution in [2.45, 2.75) is 46.6 Å². The zero-order valence-electron chi connectivity index (χ0n) is 13.4. The minimum atomic E-state index is -0.317. The molecule has 0 aromatic heterocycles. The van der Waals surface area contributed by atoms with Crippen LogP contribution in [0.1, 0.15) is 40.5 Å². The number of hydrogen-bond donors (Lipinski definition) is 1. The number of carbonyl (C=O) groups is 1. The number of allylic oxidation sites excluding steroid dienone is 2. The number of azide groups is 1. The van der Waals surface area contributed by atoms with Crippen LogP contribution >= 0.6 is 0 Å². The molecule has 1 aliphatic carbocycles. The highest BCUT2D eigenvalue weighted by Crippen LogP contribution is 2.40. The molecule has 0 aliphatic heterocycles. The smallest absolute Gasteiger partial charge is 0.220 e. The first-order valence-electron chi connectivity index (χ1n) is 7.02. The molecule has 6 heteroatoms. The summed E-state index contributed by atoms with van der Waals surface area (Å²) in [6.45, 7) is 8.19. The lowest BCUT2D eigenvalue weighted by atomic mass is 9.72. The lowest BCUT2D eigenvalue weighted by Gasteiger charge is -2.36. The third-order valence-corrected chi connectivity index (χ3v) is 3.71. The highest BCUT2D eigenvalue weighted by molar-refractivity contribution is 5.76. The Morgan fingerprint density at radius 3 is 2.81 bits per heavy atom. The Hall–Kier alpha value is -1.78. The van der Waals surface area contributed by atoms with Gasteiger partial charge >= 0.3 is 0 Å². The molecule has 116 valence electrons. The van der Waals surface area contributed by atoms with E-state index in [1.165, 1.54) is 11.1 Å². The third-order valence-electron chi connectivity index (χ3n) is 3.71. The minimum absolute atomic E-state index is 0.000343. The Labute approximate surface area is 125 Å². The van der Waals surface area contributed by atoms with Crippen molar-refractivity contribution in [3.63, 3.8) is 0 Å². The van der Waals surface area contributed by atoms with Gasteiger partial charge in [0, 0.05) is 18.4 Å². The SMILES string of the molecule is CNC(=O)CC(C)(C)C1=C(C)CC(C)=CC1OCN=[N+]=[N-]. The monoisotopic (exact) mass is 292 g/mol. The summed E-state index contributed by atoms with van der Waals surface area (Å²) in [5.41, 5.74) is 11.6. The average Bonchev–Trinajstić information content (AvgIpc) is 2.37. The second-order valence-corrected chi connectivity index (χ2v) is 6.06. The normalized spacial score (nSPS) is 18.9. The molecule has 0 heterocycles. The van der Waals surface area contributed by atoms with Crippen molar-refractivity contribution in [1.29, 1.82) is 0 Å². The van der Waals surface area contributed by atoms with Crippen LogP contribution in [-0.2, 0) is 9.53 Å². The molecule has 1 unspecified atom stereocenters. The first-order chi connectivity index (χ1) is 9.81.